The lowest BCUT2D eigenvalue weighted by molar-refractivity contribution is -0.277. The molecule has 108 valence electrons. The number of ether oxygens (including phenoxy) is 1. The van der Waals surface area contributed by atoms with Gasteiger partial charge in [0.05, 0.1) is 5.56 Å². The Kier molecular flexibility index (Phi) is 4.47. The lowest BCUT2D eigenvalue weighted by atomic mass is 10.1. The normalized spacial score (nSPS) is 12.9. The van der Waals surface area contributed by atoms with Gasteiger partial charge in [-0.15, -0.1) is 13.2 Å². The van der Waals surface area contributed by atoms with Crippen LogP contribution in [-0.4, -0.2) is 11.3 Å². The number of rotatable bonds is 2. The van der Waals surface area contributed by atoms with Gasteiger partial charge in [0.2, 0.25) is 0 Å². The summed E-state index contributed by atoms with van der Waals surface area (Å²) in [5, 5.41) is 0. The van der Waals surface area contributed by atoms with Gasteiger partial charge < -0.3 is 4.74 Å². The highest BCUT2D eigenvalue weighted by atomic mass is 127. The smallest absolute Gasteiger partial charge is 0.404 e. The van der Waals surface area contributed by atoms with Crippen LogP contribution in [0.3, 0.4) is 0 Å². The molecule has 0 aliphatic heterocycles. The van der Waals surface area contributed by atoms with Gasteiger partial charge in [0.1, 0.15) is 9.26 Å². The molecule has 19 heavy (non-hydrogen) atoms. The molecule has 0 aromatic carbocycles. The third kappa shape index (κ3) is 4.04. The Bertz CT molecular complexity index is 469. The SMILES string of the molecule is FC(F)c1cnc(I)c(C(F)(F)F)c1OC(F)(F)F. The first-order valence-corrected chi connectivity index (χ1v) is 5.31. The zero-order valence-corrected chi connectivity index (χ0v) is 10.6. The zero-order valence-electron chi connectivity index (χ0n) is 8.41. The van der Waals surface area contributed by atoms with Crippen molar-refractivity contribution in [2.45, 2.75) is 19.0 Å². The fourth-order valence-corrected chi connectivity index (χ4v) is 1.80. The molecule has 0 unspecified atom stereocenters. The molecule has 0 radical (unpaired) electrons. The van der Waals surface area contributed by atoms with Crippen LogP contribution in [0.25, 0.3) is 0 Å². The molecule has 1 heterocycles. The summed E-state index contributed by atoms with van der Waals surface area (Å²) in [6, 6.07) is 0. The predicted molar refractivity (Wildman–Crippen MR) is 53.6 cm³/mol. The van der Waals surface area contributed by atoms with E-state index in [1.807, 2.05) is 0 Å². The maximum atomic E-state index is 12.6. The van der Waals surface area contributed by atoms with E-state index in [-0.39, 0.29) is 6.20 Å². The van der Waals surface area contributed by atoms with Gasteiger partial charge in [-0.25, -0.2) is 13.8 Å². The zero-order chi connectivity index (χ0) is 15.0. The summed E-state index contributed by atoms with van der Waals surface area (Å²) in [5.74, 6) is -1.98. The standard InChI is InChI=1S/C8H2F8INO/c9-5(10)2-1-18-6(17)3(7(11,12)13)4(2)19-8(14,15)16/h1,5H. The van der Waals surface area contributed by atoms with Gasteiger partial charge >= 0.3 is 12.5 Å². The van der Waals surface area contributed by atoms with Crippen LogP contribution in [0, 0.1) is 3.70 Å². The Morgan fingerprint density at radius 1 is 1.11 bits per heavy atom. The molecule has 0 saturated carbocycles. The first kappa shape index (κ1) is 16.2. The number of nitrogens with zero attached hydrogens (tertiary/aromatic N) is 1. The third-order valence-corrected chi connectivity index (χ3v) is 2.57. The van der Waals surface area contributed by atoms with Gasteiger partial charge in [0.25, 0.3) is 6.43 Å². The molecular weight excluding hydrogens is 405 g/mol. The van der Waals surface area contributed by atoms with Crippen LogP contribution in [0.15, 0.2) is 6.20 Å². The van der Waals surface area contributed by atoms with E-state index in [1.165, 1.54) is 0 Å². The molecule has 0 saturated heterocycles. The molecule has 11 heteroatoms. The summed E-state index contributed by atoms with van der Waals surface area (Å²) in [7, 11) is 0. The molecule has 1 rings (SSSR count). The van der Waals surface area contributed by atoms with Crippen LogP contribution in [0.4, 0.5) is 35.1 Å². The first-order valence-electron chi connectivity index (χ1n) is 4.23. The topological polar surface area (TPSA) is 22.1 Å². The minimum Gasteiger partial charge on any atom is -0.404 e. The maximum Gasteiger partial charge on any atom is 0.573 e. The number of alkyl halides is 8. The predicted octanol–water partition coefficient (Wildman–Crippen LogP) is 4.54. The summed E-state index contributed by atoms with van der Waals surface area (Å²) >= 11 is 0.979. The average molecular weight is 407 g/mol. The van der Waals surface area contributed by atoms with Crippen LogP contribution < -0.4 is 4.74 Å². The molecular formula is C8H2F8INO. The number of aromatic nitrogens is 1. The number of halogens is 9. The monoisotopic (exact) mass is 407 g/mol. The highest BCUT2D eigenvalue weighted by Crippen LogP contribution is 2.44. The minimum atomic E-state index is -5.53. The van der Waals surface area contributed by atoms with Crippen molar-refractivity contribution in [2.75, 3.05) is 0 Å². The summed E-state index contributed by atoms with van der Waals surface area (Å²) in [5.41, 5.74) is -3.56. The van der Waals surface area contributed by atoms with E-state index in [0.29, 0.717) is 0 Å². The lowest BCUT2D eigenvalue weighted by Gasteiger charge is -2.18. The molecule has 1 aromatic heterocycles. The number of hydrogen-bond acceptors (Lipinski definition) is 2. The molecule has 0 spiro atoms. The van der Waals surface area contributed by atoms with Crippen LogP contribution in [0.5, 0.6) is 5.75 Å². The number of hydrogen-bond donors (Lipinski definition) is 0. The minimum absolute atomic E-state index is 0.211. The molecule has 0 bridgehead atoms. The maximum absolute atomic E-state index is 12.6. The molecule has 0 aliphatic rings. The van der Waals surface area contributed by atoms with E-state index in [9.17, 15) is 35.1 Å². The third-order valence-electron chi connectivity index (χ3n) is 1.75. The van der Waals surface area contributed by atoms with E-state index < -0.39 is 39.5 Å². The molecule has 0 amide bonds. The van der Waals surface area contributed by atoms with Crippen molar-refractivity contribution in [3.8, 4) is 5.75 Å². The Hall–Kier alpha value is -0.880. The van der Waals surface area contributed by atoms with Gasteiger partial charge in [-0.3, -0.25) is 0 Å². The number of pyridine rings is 1. The summed E-state index contributed by atoms with van der Waals surface area (Å²) in [6.07, 6.45) is -14.2. The highest BCUT2D eigenvalue weighted by molar-refractivity contribution is 14.1. The van der Waals surface area contributed by atoms with Gasteiger partial charge in [-0.2, -0.15) is 13.2 Å². The first-order chi connectivity index (χ1) is 8.43. The fourth-order valence-electron chi connectivity index (χ4n) is 1.11. The van der Waals surface area contributed by atoms with Gasteiger partial charge in [-0.1, -0.05) is 0 Å². The van der Waals surface area contributed by atoms with E-state index in [4.69, 9.17) is 0 Å². The van der Waals surface area contributed by atoms with Crippen molar-refractivity contribution in [2.24, 2.45) is 0 Å². The Balaban J connectivity index is 3.55. The Morgan fingerprint density at radius 2 is 1.63 bits per heavy atom. The molecule has 0 N–H and O–H groups in total. The van der Waals surface area contributed by atoms with Crippen LogP contribution >= 0.6 is 22.6 Å². The largest absolute Gasteiger partial charge is 0.573 e. The molecule has 2 nitrogen and oxygen atoms in total. The van der Waals surface area contributed by atoms with Crippen molar-refractivity contribution in [3.63, 3.8) is 0 Å². The molecule has 1 aromatic rings. The van der Waals surface area contributed by atoms with Crippen molar-refractivity contribution in [1.82, 2.24) is 4.98 Å². The lowest BCUT2D eigenvalue weighted by Crippen LogP contribution is -2.22. The van der Waals surface area contributed by atoms with Crippen molar-refractivity contribution in [1.29, 1.82) is 0 Å². The Labute approximate surface area is 113 Å². The van der Waals surface area contributed by atoms with Gasteiger partial charge in [0, 0.05) is 6.20 Å². The van der Waals surface area contributed by atoms with Gasteiger partial charge in [0.15, 0.2) is 5.75 Å². The molecule has 0 aliphatic carbocycles. The van der Waals surface area contributed by atoms with Gasteiger partial charge in [-0.05, 0) is 22.6 Å². The van der Waals surface area contributed by atoms with Crippen molar-refractivity contribution in [3.05, 3.63) is 21.0 Å². The summed E-state index contributed by atoms with van der Waals surface area (Å²) < 4.78 is 101. The van der Waals surface area contributed by atoms with E-state index in [0.717, 1.165) is 22.6 Å². The van der Waals surface area contributed by atoms with Crippen LogP contribution in [0.2, 0.25) is 0 Å². The summed E-state index contributed by atoms with van der Waals surface area (Å²) in [4.78, 5) is 3.00. The van der Waals surface area contributed by atoms with E-state index in [1.54, 1.807) is 0 Å². The second-order valence-electron chi connectivity index (χ2n) is 3.05. The van der Waals surface area contributed by atoms with Crippen LogP contribution in [-0.2, 0) is 6.18 Å². The summed E-state index contributed by atoms with van der Waals surface area (Å²) in [6.45, 7) is 0. The van der Waals surface area contributed by atoms with E-state index in [2.05, 4.69) is 9.72 Å². The van der Waals surface area contributed by atoms with Crippen molar-refractivity contribution >= 4 is 22.6 Å². The molecule has 0 fully saturated rings. The van der Waals surface area contributed by atoms with Crippen LogP contribution in [0.1, 0.15) is 17.6 Å². The van der Waals surface area contributed by atoms with E-state index >= 15 is 0 Å². The quantitative estimate of drug-likeness (QED) is 0.408. The molecule has 0 atom stereocenters. The van der Waals surface area contributed by atoms with Crippen molar-refractivity contribution < 1.29 is 39.9 Å². The Morgan fingerprint density at radius 3 is 2.00 bits per heavy atom. The highest BCUT2D eigenvalue weighted by Gasteiger charge is 2.44. The second-order valence-corrected chi connectivity index (χ2v) is 4.08. The second kappa shape index (κ2) is 5.25. The average Bonchev–Trinajstić information content (AvgIpc) is 2.11. The fraction of sp³-hybridized carbons (Fsp3) is 0.375.